The largest absolute Gasteiger partial charge is 0.467 e. The lowest BCUT2D eigenvalue weighted by atomic mass is 9.96. The molecule has 0 bridgehead atoms. The van der Waals surface area contributed by atoms with Gasteiger partial charge >= 0.3 is 0 Å². The molecule has 0 aliphatic heterocycles. The molecule has 0 aliphatic rings. The van der Waals surface area contributed by atoms with Gasteiger partial charge in [0.25, 0.3) is 0 Å². The summed E-state index contributed by atoms with van der Waals surface area (Å²) in [5.74, 6) is 0.823. The first kappa shape index (κ1) is 15.8. The van der Waals surface area contributed by atoms with Gasteiger partial charge in [0, 0.05) is 12.7 Å². The van der Waals surface area contributed by atoms with Gasteiger partial charge < -0.3 is 9.47 Å². The van der Waals surface area contributed by atoms with Crippen LogP contribution in [0.4, 0.5) is 0 Å². The Morgan fingerprint density at radius 1 is 1.14 bits per heavy atom. The third kappa shape index (κ3) is 3.96. The summed E-state index contributed by atoms with van der Waals surface area (Å²) in [6, 6.07) is 16.5. The van der Waals surface area contributed by atoms with Crippen molar-refractivity contribution in [3.63, 3.8) is 0 Å². The summed E-state index contributed by atoms with van der Waals surface area (Å²) in [6.07, 6.45) is 0.988. The van der Waals surface area contributed by atoms with Crippen molar-refractivity contribution < 1.29 is 9.47 Å². The third-order valence-corrected chi connectivity index (χ3v) is 3.73. The first-order valence-corrected chi connectivity index (χ1v) is 7.82. The average molecular weight is 347 g/mol. The fraction of sp³-hybridized carbons (Fsp3) is 0.222. The van der Waals surface area contributed by atoms with Crippen LogP contribution in [0.1, 0.15) is 23.6 Å². The number of methoxy groups -OCH3 is 1. The van der Waals surface area contributed by atoms with Gasteiger partial charge in [0.2, 0.25) is 0 Å². The monoisotopic (exact) mass is 346 g/mol. The average Bonchev–Trinajstić information content (AvgIpc) is 2.55. The van der Waals surface area contributed by atoms with E-state index in [1.165, 1.54) is 5.56 Å². The minimum Gasteiger partial charge on any atom is -0.467 e. The zero-order chi connectivity index (χ0) is 15.1. The van der Waals surface area contributed by atoms with Crippen molar-refractivity contribution in [2.75, 3.05) is 13.9 Å². The van der Waals surface area contributed by atoms with Crippen molar-refractivity contribution in [2.24, 2.45) is 0 Å². The van der Waals surface area contributed by atoms with Gasteiger partial charge in [-0.3, -0.25) is 0 Å². The molecule has 0 fully saturated rings. The smallest absolute Gasteiger partial charge is 0.188 e. The highest BCUT2D eigenvalue weighted by atomic mass is 79.9. The molecule has 0 heterocycles. The van der Waals surface area contributed by atoms with E-state index >= 15 is 0 Å². The molecular weight excluding hydrogens is 328 g/mol. The van der Waals surface area contributed by atoms with Gasteiger partial charge in [-0.1, -0.05) is 59.3 Å². The van der Waals surface area contributed by atoms with Crippen LogP contribution in [0.25, 0.3) is 5.57 Å². The molecule has 0 radical (unpaired) electrons. The van der Waals surface area contributed by atoms with Gasteiger partial charge in [-0.15, -0.1) is 0 Å². The van der Waals surface area contributed by atoms with Crippen LogP contribution in [0, 0.1) is 0 Å². The molecule has 2 aromatic carbocycles. The van der Waals surface area contributed by atoms with Crippen LogP contribution in [-0.4, -0.2) is 13.9 Å². The molecule has 0 saturated carbocycles. The lowest BCUT2D eigenvalue weighted by Gasteiger charge is -2.15. The molecule has 0 amide bonds. The molecule has 0 aliphatic carbocycles. The van der Waals surface area contributed by atoms with E-state index < -0.39 is 0 Å². The van der Waals surface area contributed by atoms with Crippen molar-refractivity contribution in [1.82, 2.24) is 0 Å². The van der Waals surface area contributed by atoms with Crippen molar-refractivity contribution in [1.29, 1.82) is 0 Å². The van der Waals surface area contributed by atoms with Crippen LogP contribution in [0.3, 0.4) is 0 Å². The molecule has 2 rings (SSSR count). The zero-order valence-electron chi connectivity index (χ0n) is 12.3. The summed E-state index contributed by atoms with van der Waals surface area (Å²) >= 11 is 3.49. The summed E-state index contributed by atoms with van der Waals surface area (Å²) in [7, 11) is 1.62. The first-order chi connectivity index (χ1) is 10.3. The van der Waals surface area contributed by atoms with E-state index in [1.807, 2.05) is 29.3 Å². The van der Waals surface area contributed by atoms with E-state index in [4.69, 9.17) is 9.47 Å². The summed E-state index contributed by atoms with van der Waals surface area (Å²) in [6.45, 7) is 2.39. The van der Waals surface area contributed by atoms with Crippen molar-refractivity contribution in [2.45, 2.75) is 13.3 Å². The molecule has 2 nitrogen and oxygen atoms in total. The number of rotatable bonds is 6. The summed E-state index contributed by atoms with van der Waals surface area (Å²) in [5, 5.41) is 0. The second-order valence-corrected chi connectivity index (χ2v) is 5.08. The highest BCUT2D eigenvalue weighted by Gasteiger charge is 2.11. The fourth-order valence-corrected chi connectivity index (χ4v) is 2.66. The maximum atomic E-state index is 5.71. The maximum Gasteiger partial charge on any atom is 0.188 e. The number of halogens is 1. The number of hydrogen-bond donors (Lipinski definition) is 0. The van der Waals surface area contributed by atoms with E-state index in [-0.39, 0.29) is 6.79 Å². The Kier molecular flexibility index (Phi) is 6.03. The predicted molar refractivity (Wildman–Crippen MR) is 90.8 cm³/mol. The number of hydrogen-bond acceptors (Lipinski definition) is 2. The van der Waals surface area contributed by atoms with Gasteiger partial charge in [0.1, 0.15) is 5.75 Å². The van der Waals surface area contributed by atoms with Gasteiger partial charge in [-0.2, -0.15) is 0 Å². The van der Waals surface area contributed by atoms with Crippen LogP contribution >= 0.6 is 15.9 Å². The van der Waals surface area contributed by atoms with Gasteiger partial charge in [-0.25, -0.2) is 0 Å². The number of aryl methyl sites for hydroxylation is 1. The van der Waals surface area contributed by atoms with E-state index in [2.05, 4.69) is 47.1 Å². The normalized spacial score (nSPS) is 11.5. The molecule has 110 valence electrons. The minimum atomic E-state index is 0.239. The van der Waals surface area contributed by atoms with Crippen molar-refractivity contribution in [3.8, 4) is 5.75 Å². The zero-order valence-corrected chi connectivity index (χ0v) is 13.9. The number of ether oxygens (including phenoxy) is 2. The van der Waals surface area contributed by atoms with Crippen molar-refractivity contribution in [3.05, 3.63) is 70.2 Å². The van der Waals surface area contributed by atoms with E-state index in [9.17, 15) is 0 Å². The Labute approximate surface area is 134 Å². The molecule has 0 spiro atoms. The third-order valence-electron chi connectivity index (χ3n) is 3.27. The molecule has 2 aromatic rings. The molecule has 0 atom stereocenters. The van der Waals surface area contributed by atoms with Crippen molar-refractivity contribution >= 4 is 21.5 Å². The highest BCUT2D eigenvalue weighted by molar-refractivity contribution is 9.11. The Morgan fingerprint density at radius 2 is 1.90 bits per heavy atom. The van der Waals surface area contributed by atoms with Crippen LogP contribution in [0.2, 0.25) is 0 Å². The molecule has 0 aromatic heterocycles. The SMILES string of the molecule is CCc1ccc(OCOC)c(C(=CBr)c2ccccc2)c1. The minimum absolute atomic E-state index is 0.239. The summed E-state index contributed by atoms with van der Waals surface area (Å²) < 4.78 is 10.7. The molecule has 3 heteroatoms. The molecule has 0 saturated heterocycles. The fourth-order valence-electron chi connectivity index (χ4n) is 2.15. The maximum absolute atomic E-state index is 5.71. The second kappa shape index (κ2) is 8.01. The Bertz CT molecular complexity index is 606. The Morgan fingerprint density at radius 3 is 2.52 bits per heavy atom. The number of benzene rings is 2. The summed E-state index contributed by atoms with van der Waals surface area (Å²) in [4.78, 5) is 1.94. The van der Waals surface area contributed by atoms with Crippen LogP contribution in [0.15, 0.2) is 53.5 Å². The standard InChI is InChI=1S/C18H19BrO2/c1-3-14-9-10-18(21-13-20-2)16(11-14)17(12-19)15-7-5-4-6-8-15/h4-12H,3,13H2,1-2H3. The first-order valence-electron chi connectivity index (χ1n) is 6.91. The van der Waals surface area contributed by atoms with Gasteiger partial charge in [-0.05, 0) is 40.2 Å². The molecular formula is C18H19BrO2. The van der Waals surface area contributed by atoms with E-state index in [0.717, 1.165) is 28.9 Å². The van der Waals surface area contributed by atoms with Gasteiger partial charge in [0.15, 0.2) is 6.79 Å². The Hall–Kier alpha value is -1.58. The highest BCUT2D eigenvalue weighted by Crippen LogP contribution is 2.33. The van der Waals surface area contributed by atoms with Gasteiger partial charge in [0.05, 0.1) is 0 Å². The van der Waals surface area contributed by atoms with Crippen LogP contribution < -0.4 is 4.74 Å². The van der Waals surface area contributed by atoms with Crippen LogP contribution in [-0.2, 0) is 11.2 Å². The molecule has 0 unspecified atom stereocenters. The van der Waals surface area contributed by atoms with E-state index in [0.29, 0.717) is 0 Å². The lowest BCUT2D eigenvalue weighted by Crippen LogP contribution is -2.02. The quantitative estimate of drug-likeness (QED) is 0.684. The second-order valence-electron chi connectivity index (χ2n) is 4.62. The van der Waals surface area contributed by atoms with Crippen LogP contribution in [0.5, 0.6) is 5.75 Å². The van der Waals surface area contributed by atoms with E-state index in [1.54, 1.807) is 7.11 Å². The molecule has 0 N–H and O–H groups in total. The topological polar surface area (TPSA) is 18.5 Å². The predicted octanol–water partition coefficient (Wildman–Crippen LogP) is 5.02. The Balaban J connectivity index is 2.48. The summed E-state index contributed by atoms with van der Waals surface area (Å²) in [5.41, 5.74) is 4.58. The lowest BCUT2D eigenvalue weighted by molar-refractivity contribution is 0.0509. The molecule has 21 heavy (non-hydrogen) atoms.